The number of hydrogen-bond acceptors (Lipinski definition) is 5. The van der Waals surface area contributed by atoms with Crippen LogP contribution in [0.4, 0.5) is 0 Å². The SMILES string of the molecule is CCCCCCN1C(=O)/C(=C/c2ccc(OC(=O)c3ccc(C)cc3)cc2)SC1=S. The molecule has 0 N–H and O–H groups in total. The highest BCUT2D eigenvalue weighted by molar-refractivity contribution is 8.26. The second-order valence-electron chi connectivity index (χ2n) is 7.22. The molecule has 0 spiro atoms. The van der Waals surface area contributed by atoms with Gasteiger partial charge >= 0.3 is 5.97 Å². The second kappa shape index (κ2) is 10.5. The summed E-state index contributed by atoms with van der Waals surface area (Å²) in [4.78, 5) is 27.2. The number of aryl methyl sites for hydroxylation is 1. The van der Waals surface area contributed by atoms with Gasteiger partial charge in [0.1, 0.15) is 10.1 Å². The number of thiocarbonyl (C=S) groups is 1. The summed E-state index contributed by atoms with van der Waals surface area (Å²) in [5.74, 6) is 0.0317. The molecule has 1 saturated heterocycles. The zero-order valence-electron chi connectivity index (χ0n) is 17.2. The summed E-state index contributed by atoms with van der Waals surface area (Å²) < 4.78 is 6.04. The fraction of sp³-hybridized carbons (Fsp3) is 0.292. The molecule has 0 atom stereocenters. The Balaban J connectivity index is 1.61. The molecule has 2 aromatic carbocycles. The normalized spacial score (nSPS) is 15.1. The van der Waals surface area contributed by atoms with E-state index in [2.05, 4.69) is 6.92 Å². The molecule has 4 nitrogen and oxygen atoms in total. The van der Waals surface area contributed by atoms with E-state index in [0.29, 0.717) is 27.1 Å². The van der Waals surface area contributed by atoms with Crippen LogP contribution in [0.3, 0.4) is 0 Å². The van der Waals surface area contributed by atoms with Crippen molar-refractivity contribution in [1.82, 2.24) is 4.90 Å². The summed E-state index contributed by atoms with van der Waals surface area (Å²) in [6.45, 7) is 4.81. The highest BCUT2D eigenvalue weighted by Gasteiger charge is 2.31. The van der Waals surface area contributed by atoms with Gasteiger partial charge in [-0.3, -0.25) is 9.69 Å². The van der Waals surface area contributed by atoms with Gasteiger partial charge in [0.15, 0.2) is 0 Å². The van der Waals surface area contributed by atoms with E-state index >= 15 is 0 Å². The minimum absolute atomic E-state index is 0.0311. The monoisotopic (exact) mass is 439 g/mol. The Morgan fingerprint density at radius 2 is 1.77 bits per heavy atom. The molecule has 0 unspecified atom stereocenters. The van der Waals surface area contributed by atoms with Crippen LogP contribution in [0.5, 0.6) is 5.75 Å². The maximum atomic E-state index is 12.7. The minimum atomic E-state index is -0.397. The molecule has 0 radical (unpaired) electrons. The lowest BCUT2D eigenvalue weighted by Gasteiger charge is -2.13. The van der Waals surface area contributed by atoms with E-state index in [9.17, 15) is 9.59 Å². The van der Waals surface area contributed by atoms with Crippen molar-refractivity contribution >= 4 is 46.3 Å². The zero-order valence-corrected chi connectivity index (χ0v) is 18.9. The van der Waals surface area contributed by atoms with Crippen molar-refractivity contribution in [2.75, 3.05) is 6.54 Å². The molecule has 1 aliphatic rings. The smallest absolute Gasteiger partial charge is 0.343 e. The van der Waals surface area contributed by atoms with Gasteiger partial charge in [0, 0.05) is 6.54 Å². The van der Waals surface area contributed by atoms with Gasteiger partial charge in [-0.15, -0.1) is 0 Å². The van der Waals surface area contributed by atoms with Gasteiger partial charge in [0.2, 0.25) is 0 Å². The molecule has 0 aliphatic carbocycles. The van der Waals surface area contributed by atoms with Crippen molar-refractivity contribution in [2.24, 2.45) is 0 Å². The third-order valence-corrected chi connectivity index (χ3v) is 6.16. The first kappa shape index (κ1) is 22.2. The number of carbonyl (C=O) groups is 2. The van der Waals surface area contributed by atoms with Crippen molar-refractivity contribution in [1.29, 1.82) is 0 Å². The second-order valence-corrected chi connectivity index (χ2v) is 8.89. The number of esters is 1. The maximum Gasteiger partial charge on any atom is 0.343 e. The molecule has 30 heavy (non-hydrogen) atoms. The van der Waals surface area contributed by atoms with Crippen LogP contribution in [0.2, 0.25) is 0 Å². The fourth-order valence-corrected chi connectivity index (χ4v) is 4.34. The van der Waals surface area contributed by atoms with Crippen LogP contribution in [0.25, 0.3) is 6.08 Å². The molecule has 0 saturated carbocycles. The number of nitrogens with zero attached hydrogens (tertiary/aromatic N) is 1. The van der Waals surface area contributed by atoms with Gasteiger partial charge in [-0.05, 0) is 49.2 Å². The van der Waals surface area contributed by atoms with Gasteiger partial charge in [-0.2, -0.15) is 0 Å². The van der Waals surface area contributed by atoms with Gasteiger partial charge < -0.3 is 4.74 Å². The summed E-state index contributed by atoms with van der Waals surface area (Å²) >= 11 is 6.72. The number of benzene rings is 2. The van der Waals surface area contributed by atoms with E-state index in [1.165, 1.54) is 18.2 Å². The topological polar surface area (TPSA) is 46.6 Å². The Hall–Kier alpha value is -2.44. The van der Waals surface area contributed by atoms with Gasteiger partial charge in [-0.25, -0.2) is 4.79 Å². The van der Waals surface area contributed by atoms with Crippen molar-refractivity contribution in [3.63, 3.8) is 0 Å². The summed E-state index contributed by atoms with van der Waals surface area (Å²) in [5, 5.41) is 0. The molecule has 1 amide bonds. The van der Waals surface area contributed by atoms with E-state index in [4.69, 9.17) is 17.0 Å². The minimum Gasteiger partial charge on any atom is -0.423 e. The molecule has 3 rings (SSSR count). The lowest BCUT2D eigenvalue weighted by molar-refractivity contribution is -0.122. The quantitative estimate of drug-likeness (QED) is 0.166. The number of rotatable bonds is 8. The van der Waals surface area contributed by atoms with Crippen molar-refractivity contribution < 1.29 is 14.3 Å². The third-order valence-electron chi connectivity index (χ3n) is 4.78. The molecular formula is C24H25NO3S2. The molecule has 0 aromatic heterocycles. The van der Waals surface area contributed by atoms with Crippen LogP contribution in [-0.2, 0) is 4.79 Å². The number of ether oxygens (including phenoxy) is 1. The Labute approximate surface area is 187 Å². The fourth-order valence-electron chi connectivity index (χ4n) is 3.03. The largest absolute Gasteiger partial charge is 0.423 e. The van der Waals surface area contributed by atoms with E-state index in [-0.39, 0.29) is 5.91 Å². The number of carbonyl (C=O) groups excluding carboxylic acids is 2. The predicted molar refractivity (Wildman–Crippen MR) is 127 cm³/mol. The van der Waals surface area contributed by atoms with Crippen LogP contribution in [0.15, 0.2) is 53.4 Å². The van der Waals surface area contributed by atoms with E-state index in [1.807, 2.05) is 37.3 Å². The van der Waals surface area contributed by atoms with E-state index in [1.54, 1.807) is 29.2 Å². The maximum absolute atomic E-state index is 12.7. The van der Waals surface area contributed by atoms with Crippen LogP contribution < -0.4 is 4.74 Å². The predicted octanol–water partition coefficient (Wildman–Crippen LogP) is 6.00. The summed E-state index contributed by atoms with van der Waals surface area (Å²) in [6.07, 6.45) is 6.24. The third kappa shape index (κ3) is 5.80. The average molecular weight is 440 g/mol. The average Bonchev–Trinajstić information content (AvgIpc) is 3.00. The Bertz CT molecular complexity index is 949. The van der Waals surface area contributed by atoms with Gasteiger partial charge in [-0.1, -0.05) is 80.0 Å². The van der Waals surface area contributed by atoms with Gasteiger partial charge in [0.05, 0.1) is 10.5 Å². The van der Waals surface area contributed by atoms with Crippen LogP contribution in [0.1, 0.15) is 54.1 Å². The van der Waals surface area contributed by atoms with Crippen molar-refractivity contribution in [3.8, 4) is 5.75 Å². The molecule has 1 fully saturated rings. The molecule has 1 heterocycles. The molecule has 0 bridgehead atoms. The first-order chi connectivity index (χ1) is 14.5. The summed E-state index contributed by atoms with van der Waals surface area (Å²) in [5.41, 5.74) is 2.45. The highest BCUT2D eigenvalue weighted by atomic mass is 32.2. The molecular weight excluding hydrogens is 414 g/mol. The molecule has 1 aliphatic heterocycles. The standard InChI is InChI=1S/C24H25NO3S2/c1-3-4-5-6-15-25-22(26)21(30-24(25)29)16-18-9-13-20(14-10-18)28-23(27)19-11-7-17(2)8-12-19/h7-14,16H,3-6,15H2,1-2H3/b21-16-. The van der Waals surface area contributed by atoms with E-state index in [0.717, 1.165) is 30.4 Å². The number of hydrogen-bond donors (Lipinski definition) is 0. The summed E-state index contributed by atoms with van der Waals surface area (Å²) in [6, 6.07) is 14.3. The zero-order chi connectivity index (χ0) is 21.5. The Morgan fingerprint density at radius 1 is 1.07 bits per heavy atom. The van der Waals surface area contributed by atoms with Crippen LogP contribution in [0, 0.1) is 6.92 Å². The molecule has 2 aromatic rings. The number of amides is 1. The molecule has 6 heteroatoms. The van der Waals surface area contributed by atoms with Crippen LogP contribution >= 0.6 is 24.0 Å². The Morgan fingerprint density at radius 3 is 2.43 bits per heavy atom. The summed E-state index contributed by atoms with van der Waals surface area (Å²) in [7, 11) is 0. The van der Waals surface area contributed by atoms with Gasteiger partial charge in [0.25, 0.3) is 5.91 Å². The lowest BCUT2D eigenvalue weighted by atomic mass is 10.1. The van der Waals surface area contributed by atoms with Crippen LogP contribution in [-0.4, -0.2) is 27.6 Å². The van der Waals surface area contributed by atoms with Crippen molar-refractivity contribution in [3.05, 3.63) is 70.1 Å². The first-order valence-electron chi connectivity index (χ1n) is 10.1. The first-order valence-corrected chi connectivity index (χ1v) is 11.3. The number of thioether (sulfide) groups is 1. The van der Waals surface area contributed by atoms with Crippen molar-refractivity contribution in [2.45, 2.75) is 39.5 Å². The highest BCUT2D eigenvalue weighted by Crippen LogP contribution is 2.33. The Kier molecular flexibility index (Phi) is 7.82. The van der Waals surface area contributed by atoms with E-state index < -0.39 is 5.97 Å². The lowest BCUT2D eigenvalue weighted by Crippen LogP contribution is -2.28. The molecule has 156 valence electrons. The number of unbranched alkanes of at least 4 members (excludes halogenated alkanes) is 3.